The van der Waals surface area contributed by atoms with E-state index in [1.54, 1.807) is 12.3 Å². The number of hydrogen-bond donors (Lipinski definition) is 1. The van der Waals surface area contributed by atoms with Crippen LogP contribution in [0.5, 0.6) is 5.88 Å². The van der Waals surface area contributed by atoms with Gasteiger partial charge in [-0.25, -0.2) is 15.0 Å². The summed E-state index contributed by atoms with van der Waals surface area (Å²) in [5.41, 5.74) is 1.10. The molecular weight excluding hydrogens is 415 g/mol. The van der Waals surface area contributed by atoms with E-state index in [9.17, 15) is 4.79 Å². The predicted octanol–water partition coefficient (Wildman–Crippen LogP) is 5.30. The van der Waals surface area contributed by atoms with Gasteiger partial charge in [0.2, 0.25) is 11.2 Å². The second-order valence-electron chi connectivity index (χ2n) is 6.92. The number of aromatic nitrogens is 3. The first-order valence-electron chi connectivity index (χ1n) is 9.72. The van der Waals surface area contributed by atoms with Crippen LogP contribution >= 0.6 is 23.2 Å². The summed E-state index contributed by atoms with van der Waals surface area (Å²) in [5, 5.41) is 3.22. The Balaban J connectivity index is 1.81. The van der Waals surface area contributed by atoms with E-state index >= 15 is 0 Å². The fraction of sp³-hybridized carbons (Fsp3) is 0.500. The van der Waals surface area contributed by atoms with E-state index in [1.807, 2.05) is 13.0 Å². The normalized spacial score (nSPS) is 15.6. The first-order chi connectivity index (χ1) is 14.0. The molecule has 0 amide bonds. The van der Waals surface area contributed by atoms with E-state index in [4.69, 9.17) is 32.7 Å². The van der Waals surface area contributed by atoms with Crippen LogP contribution in [0.25, 0.3) is 0 Å². The molecule has 1 fully saturated rings. The molecule has 2 aromatic heterocycles. The number of hydrogen-bond acceptors (Lipinski definition) is 7. The molecular formula is C20H24Cl2N4O3. The lowest BCUT2D eigenvalue weighted by molar-refractivity contribution is -0.142. The third-order valence-corrected chi connectivity index (χ3v) is 5.41. The van der Waals surface area contributed by atoms with Crippen molar-refractivity contribution in [1.82, 2.24) is 15.0 Å². The first kappa shape index (κ1) is 21.6. The number of carbonyl (C=O) groups is 1. The molecule has 7 nitrogen and oxygen atoms in total. The third kappa shape index (κ3) is 5.48. The van der Waals surface area contributed by atoms with Crippen LogP contribution in [-0.4, -0.2) is 34.1 Å². The van der Waals surface area contributed by atoms with Crippen LogP contribution in [0, 0.1) is 0 Å². The van der Waals surface area contributed by atoms with Crippen LogP contribution in [0.3, 0.4) is 0 Å². The summed E-state index contributed by atoms with van der Waals surface area (Å²) in [4.78, 5) is 24.8. The topological polar surface area (TPSA) is 86.2 Å². The molecule has 1 saturated carbocycles. The highest BCUT2D eigenvalue weighted by atomic mass is 35.5. The maximum absolute atomic E-state index is 12.2. The maximum atomic E-state index is 12.2. The standard InChI is InChI=1S/C20H24Cl2N4O3/c1-3-14(19(27)28-2)16-17(21)25-20(22)26-18(16)24-12-9-10-15(23-11-12)29-13-7-5-4-6-8-13/h9-11,13-14H,3-8H2,1-2H3,(H,24,25,26). The summed E-state index contributed by atoms with van der Waals surface area (Å²) < 4.78 is 10.8. The molecule has 0 saturated heterocycles. The monoisotopic (exact) mass is 438 g/mol. The fourth-order valence-electron chi connectivity index (χ4n) is 3.47. The van der Waals surface area contributed by atoms with Gasteiger partial charge in [-0.1, -0.05) is 24.9 Å². The zero-order valence-corrected chi connectivity index (χ0v) is 18.0. The van der Waals surface area contributed by atoms with E-state index in [0.29, 0.717) is 29.4 Å². The van der Waals surface area contributed by atoms with Gasteiger partial charge in [0.25, 0.3) is 0 Å². The Labute approximate surface area is 180 Å². The van der Waals surface area contributed by atoms with E-state index in [1.165, 1.54) is 26.4 Å². The van der Waals surface area contributed by atoms with E-state index in [-0.39, 0.29) is 16.5 Å². The van der Waals surface area contributed by atoms with Crippen LogP contribution in [-0.2, 0) is 9.53 Å². The lowest BCUT2D eigenvalue weighted by Crippen LogP contribution is -2.20. The Bertz CT molecular complexity index is 842. The molecule has 1 aliphatic rings. The average molecular weight is 439 g/mol. The second-order valence-corrected chi connectivity index (χ2v) is 7.61. The van der Waals surface area contributed by atoms with E-state index < -0.39 is 11.9 Å². The molecule has 1 aliphatic carbocycles. The van der Waals surface area contributed by atoms with Gasteiger partial charge in [0.05, 0.1) is 24.9 Å². The van der Waals surface area contributed by atoms with Crippen LogP contribution in [0.1, 0.15) is 56.9 Å². The van der Waals surface area contributed by atoms with Gasteiger partial charge >= 0.3 is 5.97 Å². The molecule has 3 rings (SSSR count). The quantitative estimate of drug-likeness (QED) is 0.356. The lowest BCUT2D eigenvalue weighted by atomic mass is 9.98. The van der Waals surface area contributed by atoms with Crippen molar-refractivity contribution in [3.63, 3.8) is 0 Å². The highest BCUT2D eigenvalue weighted by Gasteiger charge is 2.27. The van der Waals surface area contributed by atoms with Crippen molar-refractivity contribution in [1.29, 1.82) is 0 Å². The number of halogens is 2. The summed E-state index contributed by atoms with van der Waals surface area (Å²) in [6.45, 7) is 1.86. The second kappa shape index (κ2) is 10.1. The minimum absolute atomic E-state index is 0.0221. The van der Waals surface area contributed by atoms with Gasteiger partial charge in [-0.2, -0.15) is 0 Å². The number of rotatable bonds is 7. The third-order valence-electron chi connectivity index (χ3n) is 4.95. The number of nitrogens with zero attached hydrogens (tertiary/aromatic N) is 3. The molecule has 1 N–H and O–H groups in total. The van der Waals surface area contributed by atoms with Gasteiger partial charge in [0.15, 0.2) is 0 Å². The summed E-state index contributed by atoms with van der Waals surface area (Å²) >= 11 is 12.3. The predicted molar refractivity (Wildman–Crippen MR) is 112 cm³/mol. The Morgan fingerprint density at radius 1 is 1.24 bits per heavy atom. The van der Waals surface area contributed by atoms with Crippen molar-refractivity contribution in [3.8, 4) is 5.88 Å². The zero-order valence-electron chi connectivity index (χ0n) is 16.5. The maximum Gasteiger partial charge on any atom is 0.313 e. The largest absolute Gasteiger partial charge is 0.474 e. The molecule has 1 atom stereocenters. The number of pyridine rings is 1. The molecule has 0 aromatic carbocycles. The minimum Gasteiger partial charge on any atom is -0.474 e. The molecule has 0 spiro atoms. The molecule has 0 bridgehead atoms. The van der Waals surface area contributed by atoms with Crippen LogP contribution in [0.4, 0.5) is 11.5 Å². The SMILES string of the molecule is CCC(C(=O)OC)c1c(Cl)nc(Cl)nc1Nc1ccc(OC2CCCCC2)nc1. The number of nitrogens with one attached hydrogen (secondary N) is 1. The Morgan fingerprint density at radius 2 is 2.00 bits per heavy atom. The van der Waals surface area contributed by atoms with Crippen molar-refractivity contribution in [2.24, 2.45) is 0 Å². The van der Waals surface area contributed by atoms with Crippen LogP contribution < -0.4 is 10.1 Å². The minimum atomic E-state index is -0.617. The molecule has 156 valence electrons. The van der Waals surface area contributed by atoms with Crippen molar-refractivity contribution < 1.29 is 14.3 Å². The number of methoxy groups -OCH3 is 1. The summed E-state index contributed by atoms with van der Waals surface area (Å²) in [6.07, 6.45) is 8.13. The van der Waals surface area contributed by atoms with Gasteiger partial charge in [-0.05, 0) is 49.8 Å². The number of esters is 1. The highest BCUT2D eigenvalue weighted by Crippen LogP contribution is 2.35. The Morgan fingerprint density at radius 3 is 2.62 bits per heavy atom. The lowest BCUT2D eigenvalue weighted by Gasteiger charge is -2.22. The Hall–Kier alpha value is -2.12. The van der Waals surface area contributed by atoms with E-state index in [0.717, 1.165) is 12.8 Å². The van der Waals surface area contributed by atoms with E-state index in [2.05, 4.69) is 20.3 Å². The molecule has 2 heterocycles. The Kier molecular flexibility index (Phi) is 7.50. The first-order valence-corrected chi connectivity index (χ1v) is 10.5. The number of carbonyl (C=O) groups excluding carboxylic acids is 1. The molecule has 0 aliphatic heterocycles. The fourth-order valence-corrected chi connectivity index (χ4v) is 3.98. The summed E-state index contributed by atoms with van der Waals surface area (Å²) in [7, 11) is 1.33. The molecule has 0 radical (unpaired) electrons. The zero-order chi connectivity index (χ0) is 20.8. The van der Waals surface area contributed by atoms with Crippen LogP contribution in [0.2, 0.25) is 10.4 Å². The molecule has 9 heteroatoms. The van der Waals surface area contributed by atoms with Crippen molar-refractivity contribution in [3.05, 3.63) is 34.3 Å². The van der Waals surface area contributed by atoms with Gasteiger partial charge in [0, 0.05) is 11.6 Å². The van der Waals surface area contributed by atoms with Gasteiger partial charge in [-0.3, -0.25) is 4.79 Å². The van der Waals surface area contributed by atoms with Gasteiger partial charge < -0.3 is 14.8 Å². The van der Waals surface area contributed by atoms with Crippen molar-refractivity contribution >= 4 is 40.7 Å². The summed E-state index contributed by atoms with van der Waals surface area (Å²) in [6, 6.07) is 3.64. The molecule has 1 unspecified atom stereocenters. The van der Waals surface area contributed by atoms with Crippen molar-refractivity contribution in [2.45, 2.75) is 57.5 Å². The highest BCUT2D eigenvalue weighted by molar-refractivity contribution is 6.33. The van der Waals surface area contributed by atoms with Gasteiger partial charge in [0.1, 0.15) is 17.1 Å². The molecule has 29 heavy (non-hydrogen) atoms. The number of anilines is 2. The summed E-state index contributed by atoms with van der Waals surface area (Å²) in [5.74, 6) is -0.107. The number of ether oxygens (including phenoxy) is 2. The smallest absolute Gasteiger partial charge is 0.313 e. The van der Waals surface area contributed by atoms with Gasteiger partial charge in [-0.15, -0.1) is 0 Å². The molecule has 2 aromatic rings. The average Bonchev–Trinajstić information content (AvgIpc) is 2.72. The van der Waals surface area contributed by atoms with Crippen molar-refractivity contribution in [2.75, 3.05) is 12.4 Å². The van der Waals surface area contributed by atoms with Crippen LogP contribution in [0.15, 0.2) is 18.3 Å².